The Morgan fingerprint density at radius 3 is 2.55 bits per heavy atom. The number of nitrogens with zero attached hydrogens (tertiary/aromatic N) is 2. The molecule has 1 aromatic heterocycles. The van der Waals surface area contributed by atoms with Crippen LogP contribution in [0.5, 0.6) is 0 Å². The molecular formula is C8H11N3. The molecular weight excluding hydrogens is 138 g/mol. The third-order valence-electron chi connectivity index (χ3n) is 0.959. The number of hydrogen-bond donors (Lipinski definition) is 1. The van der Waals surface area contributed by atoms with Crippen molar-refractivity contribution in [3.8, 4) is 6.07 Å². The highest BCUT2D eigenvalue weighted by molar-refractivity contribution is 5.46. The monoisotopic (exact) mass is 149 g/mol. The van der Waals surface area contributed by atoms with E-state index in [0.29, 0.717) is 11.4 Å². The van der Waals surface area contributed by atoms with Crippen molar-refractivity contribution in [2.75, 3.05) is 5.73 Å². The Hall–Kier alpha value is -1.56. The van der Waals surface area contributed by atoms with Gasteiger partial charge in [-0.05, 0) is 12.1 Å². The Bertz CT molecular complexity index is 250. The fourth-order valence-electron chi connectivity index (χ4n) is 0.512. The Labute approximate surface area is 66.5 Å². The van der Waals surface area contributed by atoms with E-state index in [1.165, 1.54) is 0 Å². The highest BCUT2D eigenvalue weighted by atomic mass is 14.8. The van der Waals surface area contributed by atoms with Crippen LogP contribution in [0.15, 0.2) is 18.3 Å². The standard InChI is InChI=1S/C6H5N3.C2H6/c7-4-5-2-1-3-9-6(5)8;1-2/h1-3H,(H2,8,9);1-2H3. The van der Waals surface area contributed by atoms with Crippen LogP contribution in [-0.4, -0.2) is 4.98 Å². The zero-order chi connectivity index (χ0) is 8.69. The largest absolute Gasteiger partial charge is 0.383 e. The lowest BCUT2D eigenvalue weighted by Gasteiger charge is -1.90. The summed E-state index contributed by atoms with van der Waals surface area (Å²) in [4.78, 5) is 3.71. The van der Waals surface area contributed by atoms with E-state index in [1.54, 1.807) is 18.3 Å². The molecule has 1 aromatic rings. The molecule has 0 spiro atoms. The summed E-state index contributed by atoms with van der Waals surface area (Å²) in [5, 5.41) is 8.35. The average molecular weight is 149 g/mol. The summed E-state index contributed by atoms with van der Waals surface area (Å²) in [5.74, 6) is 0.292. The number of anilines is 1. The molecule has 1 rings (SSSR count). The fraction of sp³-hybridized carbons (Fsp3) is 0.250. The number of aromatic nitrogens is 1. The molecule has 0 aliphatic heterocycles. The van der Waals surface area contributed by atoms with E-state index in [1.807, 2.05) is 19.9 Å². The van der Waals surface area contributed by atoms with E-state index in [-0.39, 0.29) is 0 Å². The van der Waals surface area contributed by atoms with E-state index in [9.17, 15) is 0 Å². The number of rotatable bonds is 0. The van der Waals surface area contributed by atoms with E-state index < -0.39 is 0 Å². The molecule has 1 heterocycles. The third-order valence-corrected chi connectivity index (χ3v) is 0.959. The van der Waals surface area contributed by atoms with Crippen LogP contribution >= 0.6 is 0 Å². The highest BCUT2D eigenvalue weighted by Gasteiger charge is 1.92. The molecule has 3 nitrogen and oxygen atoms in total. The van der Waals surface area contributed by atoms with Gasteiger partial charge < -0.3 is 5.73 Å². The van der Waals surface area contributed by atoms with Crippen molar-refractivity contribution >= 4 is 5.82 Å². The maximum atomic E-state index is 8.35. The normalized spacial score (nSPS) is 7.36. The zero-order valence-electron chi connectivity index (χ0n) is 6.70. The lowest BCUT2D eigenvalue weighted by atomic mass is 10.3. The number of hydrogen-bond acceptors (Lipinski definition) is 3. The summed E-state index contributed by atoms with van der Waals surface area (Å²) < 4.78 is 0. The maximum Gasteiger partial charge on any atom is 0.141 e. The van der Waals surface area contributed by atoms with E-state index >= 15 is 0 Å². The zero-order valence-corrected chi connectivity index (χ0v) is 6.70. The summed E-state index contributed by atoms with van der Waals surface area (Å²) in [6.45, 7) is 4.00. The quantitative estimate of drug-likeness (QED) is 0.608. The summed E-state index contributed by atoms with van der Waals surface area (Å²) >= 11 is 0. The van der Waals surface area contributed by atoms with Crippen LogP contribution in [0.2, 0.25) is 0 Å². The Balaban J connectivity index is 0.000000461. The number of pyridine rings is 1. The maximum absolute atomic E-state index is 8.35. The average Bonchev–Trinajstić information content (AvgIpc) is 2.09. The smallest absolute Gasteiger partial charge is 0.141 e. The van der Waals surface area contributed by atoms with Crippen LogP contribution in [0.4, 0.5) is 5.82 Å². The first kappa shape index (κ1) is 9.44. The number of nitrogens with two attached hydrogens (primary N) is 1. The summed E-state index contributed by atoms with van der Waals surface area (Å²) in [5.41, 5.74) is 5.73. The number of nitrogen functional groups attached to an aromatic ring is 1. The van der Waals surface area contributed by atoms with Gasteiger partial charge in [0.2, 0.25) is 0 Å². The summed E-state index contributed by atoms with van der Waals surface area (Å²) in [6, 6.07) is 5.21. The predicted octanol–water partition coefficient (Wildman–Crippen LogP) is 1.56. The molecule has 0 atom stereocenters. The van der Waals surface area contributed by atoms with Gasteiger partial charge in [-0.2, -0.15) is 5.26 Å². The van der Waals surface area contributed by atoms with Gasteiger partial charge in [-0.15, -0.1) is 0 Å². The minimum absolute atomic E-state index is 0.292. The second kappa shape index (κ2) is 5.24. The minimum Gasteiger partial charge on any atom is -0.383 e. The van der Waals surface area contributed by atoms with Gasteiger partial charge in [0.15, 0.2) is 0 Å². The van der Waals surface area contributed by atoms with Crippen LogP contribution in [0, 0.1) is 11.3 Å². The Kier molecular flexibility index (Phi) is 4.50. The lowest BCUT2D eigenvalue weighted by Crippen LogP contribution is -1.91. The lowest BCUT2D eigenvalue weighted by molar-refractivity contribution is 1.31. The molecule has 0 unspecified atom stereocenters. The van der Waals surface area contributed by atoms with Crippen molar-refractivity contribution in [3.63, 3.8) is 0 Å². The summed E-state index contributed by atoms with van der Waals surface area (Å²) in [7, 11) is 0. The van der Waals surface area contributed by atoms with Crippen LogP contribution in [0.25, 0.3) is 0 Å². The molecule has 0 aliphatic carbocycles. The fourth-order valence-corrected chi connectivity index (χ4v) is 0.512. The Morgan fingerprint density at radius 2 is 2.18 bits per heavy atom. The molecule has 0 aliphatic rings. The second-order valence-corrected chi connectivity index (χ2v) is 1.55. The molecule has 0 saturated heterocycles. The van der Waals surface area contributed by atoms with Gasteiger partial charge in [0.1, 0.15) is 11.9 Å². The molecule has 3 heteroatoms. The molecule has 11 heavy (non-hydrogen) atoms. The second-order valence-electron chi connectivity index (χ2n) is 1.55. The van der Waals surface area contributed by atoms with Gasteiger partial charge in [0, 0.05) is 6.20 Å². The first-order valence-corrected chi connectivity index (χ1v) is 3.45. The predicted molar refractivity (Wildman–Crippen MR) is 44.7 cm³/mol. The SMILES string of the molecule is CC.N#Cc1cccnc1N. The molecule has 0 amide bonds. The van der Waals surface area contributed by atoms with Gasteiger partial charge in [-0.3, -0.25) is 0 Å². The molecule has 0 radical (unpaired) electrons. The van der Waals surface area contributed by atoms with Gasteiger partial charge >= 0.3 is 0 Å². The van der Waals surface area contributed by atoms with Gasteiger partial charge in [0.05, 0.1) is 5.56 Å². The van der Waals surface area contributed by atoms with Crippen LogP contribution in [0.1, 0.15) is 19.4 Å². The molecule has 0 bridgehead atoms. The van der Waals surface area contributed by atoms with Crippen LogP contribution < -0.4 is 5.73 Å². The van der Waals surface area contributed by atoms with Crippen molar-refractivity contribution < 1.29 is 0 Å². The van der Waals surface area contributed by atoms with Crippen molar-refractivity contribution in [2.24, 2.45) is 0 Å². The van der Waals surface area contributed by atoms with Crippen LogP contribution in [0.3, 0.4) is 0 Å². The van der Waals surface area contributed by atoms with Gasteiger partial charge in [-0.1, -0.05) is 13.8 Å². The topological polar surface area (TPSA) is 62.7 Å². The van der Waals surface area contributed by atoms with Gasteiger partial charge in [-0.25, -0.2) is 4.98 Å². The van der Waals surface area contributed by atoms with Gasteiger partial charge in [0.25, 0.3) is 0 Å². The van der Waals surface area contributed by atoms with E-state index in [0.717, 1.165) is 0 Å². The van der Waals surface area contributed by atoms with Crippen molar-refractivity contribution in [2.45, 2.75) is 13.8 Å². The minimum atomic E-state index is 0.292. The Morgan fingerprint density at radius 1 is 1.55 bits per heavy atom. The number of nitriles is 1. The van der Waals surface area contributed by atoms with Crippen molar-refractivity contribution in [1.82, 2.24) is 4.98 Å². The molecule has 0 fully saturated rings. The molecule has 0 aromatic carbocycles. The summed E-state index contributed by atoms with van der Waals surface area (Å²) in [6.07, 6.45) is 1.55. The molecule has 58 valence electrons. The first-order chi connectivity index (χ1) is 5.34. The van der Waals surface area contributed by atoms with E-state index in [2.05, 4.69) is 4.98 Å². The highest BCUT2D eigenvalue weighted by Crippen LogP contribution is 2.02. The van der Waals surface area contributed by atoms with Crippen LogP contribution in [-0.2, 0) is 0 Å². The third kappa shape index (κ3) is 2.67. The first-order valence-electron chi connectivity index (χ1n) is 3.45. The molecule has 0 saturated carbocycles. The van der Waals surface area contributed by atoms with E-state index in [4.69, 9.17) is 11.0 Å². The van der Waals surface area contributed by atoms with Crippen molar-refractivity contribution in [1.29, 1.82) is 5.26 Å². The van der Waals surface area contributed by atoms with Crippen molar-refractivity contribution in [3.05, 3.63) is 23.9 Å². The molecule has 2 N–H and O–H groups in total.